The Hall–Kier alpha value is 1.20. The molecule has 36 heavy (non-hydrogen) atoms. The van der Waals surface area contributed by atoms with E-state index < -0.39 is 39.5 Å². The molecule has 0 amide bonds. The van der Waals surface area contributed by atoms with Gasteiger partial charge in [0, 0.05) is 35.3 Å². The number of hydrogen-bond donors (Lipinski definition) is 0. The van der Waals surface area contributed by atoms with E-state index in [1.807, 2.05) is 0 Å². The van der Waals surface area contributed by atoms with Crippen molar-refractivity contribution in [2.45, 2.75) is 0 Å². The van der Waals surface area contributed by atoms with Crippen molar-refractivity contribution in [3.63, 3.8) is 0 Å². The van der Waals surface area contributed by atoms with Gasteiger partial charge in [-0.3, -0.25) is 13.7 Å². The molecule has 21 heteroatoms. The van der Waals surface area contributed by atoms with Gasteiger partial charge >= 0.3 is 22.8 Å². The SMILES string of the molecule is O=P(OCCCl)(OCCCl)c1nc(P(=O)(OCCCl)OCCCl)nc(P(=O)(OCCCl)OCCCl)n1. The topological polar surface area (TPSA) is 145 Å². The van der Waals surface area contributed by atoms with Crippen LogP contribution in [0.4, 0.5) is 0 Å². The summed E-state index contributed by atoms with van der Waals surface area (Å²) in [5.74, 6) is -0.468. The first kappa shape index (κ1) is 35.2. The molecular formula is C15H24Cl6N3O9P3. The fourth-order valence-electron chi connectivity index (χ4n) is 2.10. The van der Waals surface area contributed by atoms with Crippen molar-refractivity contribution in [3.8, 4) is 0 Å². The van der Waals surface area contributed by atoms with E-state index in [0.29, 0.717) is 0 Å². The van der Waals surface area contributed by atoms with Gasteiger partial charge in [0.25, 0.3) is 0 Å². The highest BCUT2D eigenvalue weighted by molar-refractivity contribution is 7.64. The van der Waals surface area contributed by atoms with Crippen LogP contribution in [0.1, 0.15) is 0 Å². The van der Waals surface area contributed by atoms with Gasteiger partial charge in [-0.25, -0.2) is 0 Å². The van der Waals surface area contributed by atoms with Crippen LogP contribution in [-0.2, 0) is 40.8 Å². The second-order valence-corrected chi connectivity index (χ2v) is 13.9. The van der Waals surface area contributed by atoms with E-state index in [-0.39, 0.29) is 74.9 Å². The molecule has 0 fully saturated rings. The minimum atomic E-state index is -4.40. The molecule has 1 rings (SSSR count). The molecule has 0 unspecified atom stereocenters. The van der Waals surface area contributed by atoms with Crippen LogP contribution in [-0.4, -0.2) is 89.9 Å². The van der Waals surface area contributed by atoms with Crippen molar-refractivity contribution in [2.24, 2.45) is 0 Å². The Morgan fingerprint density at radius 2 is 0.583 bits per heavy atom. The van der Waals surface area contributed by atoms with E-state index in [1.54, 1.807) is 0 Å². The molecule has 0 spiro atoms. The predicted octanol–water partition coefficient (Wildman–Crippen LogP) is 3.86. The second-order valence-electron chi connectivity index (χ2n) is 5.86. The average molecular weight is 696 g/mol. The number of alkyl halides is 6. The van der Waals surface area contributed by atoms with Gasteiger partial charge in [0.05, 0.1) is 39.6 Å². The molecule has 0 aliphatic rings. The third-order valence-electron chi connectivity index (χ3n) is 3.37. The largest absolute Gasteiger partial charge is 0.398 e. The van der Waals surface area contributed by atoms with Crippen molar-refractivity contribution < 1.29 is 40.8 Å². The molecule has 0 aliphatic carbocycles. The molecule has 0 atom stereocenters. The third-order valence-corrected chi connectivity index (χ3v) is 9.50. The smallest absolute Gasteiger partial charge is 0.302 e. The first-order chi connectivity index (χ1) is 17.2. The van der Waals surface area contributed by atoms with E-state index in [0.717, 1.165) is 0 Å². The number of hydrogen-bond acceptors (Lipinski definition) is 12. The van der Waals surface area contributed by atoms with E-state index in [1.165, 1.54) is 0 Å². The molecule has 0 bridgehead atoms. The van der Waals surface area contributed by atoms with E-state index in [4.69, 9.17) is 96.7 Å². The summed E-state index contributed by atoms with van der Waals surface area (Å²) in [7, 11) is -13.2. The fraction of sp³-hybridized carbons (Fsp3) is 0.800. The molecule has 0 radical (unpaired) electrons. The lowest BCUT2D eigenvalue weighted by Crippen LogP contribution is -2.38. The highest BCUT2D eigenvalue weighted by Crippen LogP contribution is 2.50. The summed E-state index contributed by atoms with van der Waals surface area (Å²) < 4.78 is 72.6. The maximum atomic E-state index is 13.6. The molecule has 12 nitrogen and oxygen atoms in total. The Morgan fingerprint density at radius 1 is 0.417 bits per heavy atom. The first-order valence-electron chi connectivity index (χ1n) is 9.99. The van der Waals surface area contributed by atoms with Crippen LogP contribution in [0.25, 0.3) is 0 Å². The Kier molecular flexibility index (Phi) is 18.1. The van der Waals surface area contributed by atoms with Gasteiger partial charge in [-0.05, 0) is 0 Å². The van der Waals surface area contributed by atoms with Gasteiger partial charge < -0.3 is 27.1 Å². The molecule has 1 heterocycles. The summed E-state index contributed by atoms with van der Waals surface area (Å²) in [4.78, 5) is 11.9. The van der Waals surface area contributed by atoms with Crippen LogP contribution in [0.5, 0.6) is 0 Å². The number of aromatic nitrogens is 3. The summed E-state index contributed by atoms with van der Waals surface area (Å²) in [6.45, 7) is -1.56. The molecule has 1 aromatic heterocycles. The van der Waals surface area contributed by atoms with E-state index >= 15 is 0 Å². The molecule has 0 N–H and O–H groups in total. The quantitative estimate of drug-likeness (QED) is 0.136. The van der Waals surface area contributed by atoms with Crippen LogP contribution in [0.15, 0.2) is 0 Å². The Labute approximate surface area is 238 Å². The molecular weight excluding hydrogens is 672 g/mol. The third kappa shape index (κ3) is 11.0. The van der Waals surface area contributed by atoms with Crippen molar-refractivity contribution in [3.05, 3.63) is 0 Å². The Bertz CT molecular complexity index is 775. The molecule has 0 aromatic carbocycles. The van der Waals surface area contributed by atoms with Crippen LogP contribution in [0.2, 0.25) is 0 Å². The molecule has 0 saturated heterocycles. The van der Waals surface area contributed by atoms with Crippen LogP contribution in [0, 0.1) is 0 Å². The summed E-state index contributed by atoms with van der Waals surface area (Å²) in [5.41, 5.74) is -2.11. The van der Waals surface area contributed by atoms with Crippen molar-refractivity contribution in [2.75, 3.05) is 74.9 Å². The van der Waals surface area contributed by atoms with Gasteiger partial charge in [-0.15, -0.1) is 69.6 Å². The lowest BCUT2D eigenvalue weighted by molar-refractivity contribution is 0.228. The van der Waals surface area contributed by atoms with Crippen molar-refractivity contribution in [1.82, 2.24) is 15.0 Å². The summed E-state index contributed by atoms with van der Waals surface area (Å²) in [6.07, 6.45) is 0. The summed E-state index contributed by atoms with van der Waals surface area (Å²) in [6, 6.07) is 0. The molecule has 0 aliphatic heterocycles. The van der Waals surface area contributed by atoms with Crippen LogP contribution >= 0.6 is 92.4 Å². The maximum absolute atomic E-state index is 13.6. The van der Waals surface area contributed by atoms with Gasteiger partial charge in [-0.1, -0.05) is 0 Å². The van der Waals surface area contributed by atoms with Gasteiger partial charge in [0.15, 0.2) is 0 Å². The van der Waals surface area contributed by atoms with E-state index in [9.17, 15) is 13.7 Å². The minimum absolute atomic E-state index is 0.0780. The lowest BCUT2D eigenvalue weighted by Gasteiger charge is -2.22. The minimum Gasteiger partial charge on any atom is -0.302 e. The van der Waals surface area contributed by atoms with Crippen molar-refractivity contribution in [1.29, 1.82) is 0 Å². The molecule has 1 aromatic rings. The zero-order valence-corrected chi connectivity index (χ0v) is 25.8. The highest BCUT2D eigenvalue weighted by Gasteiger charge is 2.42. The number of halogens is 6. The average Bonchev–Trinajstić information content (AvgIpc) is 2.90. The zero-order chi connectivity index (χ0) is 27.1. The molecule has 210 valence electrons. The maximum Gasteiger partial charge on any atom is 0.398 e. The first-order valence-corrected chi connectivity index (χ1v) is 17.8. The Balaban J connectivity index is 3.86. The standard InChI is InChI=1S/C15H24Cl6N3O9P3/c16-1-7-28-34(25,29-8-2-17)13-22-14(35(26,30-9-3-18)31-10-4-19)24-15(23-13)36(27,32-11-5-20)33-12-6-21/h1-12H2. The van der Waals surface area contributed by atoms with E-state index in [2.05, 4.69) is 15.0 Å². The van der Waals surface area contributed by atoms with Gasteiger partial charge in [-0.2, -0.15) is 15.0 Å². The molecule has 0 saturated carbocycles. The normalized spacial score (nSPS) is 12.8. The number of rotatable bonds is 21. The van der Waals surface area contributed by atoms with Gasteiger partial charge in [0.2, 0.25) is 16.7 Å². The number of nitrogens with zero attached hydrogens (tertiary/aromatic N) is 3. The lowest BCUT2D eigenvalue weighted by atomic mass is 10.9. The second kappa shape index (κ2) is 18.5. The van der Waals surface area contributed by atoms with Crippen molar-refractivity contribution >= 4 is 109 Å². The van der Waals surface area contributed by atoms with Gasteiger partial charge in [0.1, 0.15) is 0 Å². The summed E-state index contributed by atoms with van der Waals surface area (Å²) in [5, 5.41) is 0. The fourth-order valence-corrected chi connectivity index (χ4v) is 7.65. The van der Waals surface area contributed by atoms with Crippen LogP contribution < -0.4 is 16.7 Å². The zero-order valence-electron chi connectivity index (χ0n) is 18.6. The predicted molar refractivity (Wildman–Crippen MR) is 142 cm³/mol. The monoisotopic (exact) mass is 693 g/mol. The highest BCUT2D eigenvalue weighted by atomic mass is 35.5. The van der Waals surface area contributed by atoms with Crippen LogP contribution in [0.3, 0.4) is 0 Å². The Morgan fingerprint density at radius 3 is 0.722 bits per heavy atom. The summed E-state index contributed by atoms with van der Waals surface area (Å²) >= 11 is 34.0.